The number of anilines is 2. The van der Waals surface area contributed by atoms with Crippen molar-refractivity contribution in [2.75, 3.05) is 17.6 Å². The fourth-order valence-corrected chi connectivity index (χ4v) is 5.33. The lowest BCUT2D eigenvalue weighted by Gasteiger charge is -2.31. The Labute approximate surface area is 211 Å². The lowest BCUT2D eigenvalue weighted by atomic mass is 9.86. The number of aliphatic hydroxyl groups is 1. The molecular formula is C28H25FN4O4. The van der Waals surface area contributed by atoms with Crippen molar-refractivity contribution in [2.45, 2.75) is 38.5 Å². The number of nitrogens with zero attached hydrogens (tertiary/aromatic N) is 2. The van der Waals surface area contributed by atoms with Gasteiger partial charge < -0.3 is 25.5 Å². The van der Waals surface area contributed by atoms with E-state index in [1.165, 1.54) is 12.1 Å². The molecule has 2 aromatic carbocycles. The molecule has 0 aliphatic carbocycles. The van der Waals surface area contributed by atoms with Crippen LogP contribution in [0.3, 0.4) is 0 Å². The molecule has 0 saturated carbocycles. The molecule has 0 bridgehead atoms. The second-order valence-corrected chi connectivity index (χ2v) is 9.46. The molecule has 8 nitrogen and oxygen atoms in total. The van der Waals surface area contributed by atoms with Crippen LogP contribution in [0.5, 0.6) is 0 Å². The van der Waals surface area contributed by atoms with E-state index < -0.39 is 11.6 Å². The van der Waals surface area contributed by atoms with Crippen LogP contribution in [0, 0.1) is 5.82 Å². The number of pyridine rings is 2. The summed E-state index contributed by atoms with van der Waals surface area (Å²) in [4.78, 5) is 30.8. The number of benzene rings is 2. The number of cyclic esters (lactones) is 1. The third-order valence-corrected chi connectivity index (χ3v) is 7.37. The molecule has 0 spiro atoms. The summed E-state index contributed by atoms with van der Waals surface area (Å²) >= 11 is 0. The van der Waals surface area contributed by atoms with Gasteiger partial charge in [-0.3, -0.25) is 4.79 Å². The van der Waals surface area contributed by atoms with Gasteiger partial charge in [0.15, 0.2) is 5.60 Å². The van der Waals surface area contributed by atoms with E-state index in [-0.39, 0.29) is 42.1 Å². The standard InChI is InChI=1S/C28H25FN4O4/c1-2-28(36)19-12-22-24-17(13-33(22)26(34)18(19)14-37-27(28)35)25(23-20(30)4-3-5-21(23)32-24)31-11-10-15-6-8-16(29)9-7-15/h3-9,12,36H,2,10-11,13-14,30H2,1H3,(H,31,32)/t28-/m0/s1. The number of hydrogen-bond acceptors (Lipinski definition) is 7. The maximum absolute atomic E-state index is 13.5. The minimum Gasteiger partial charge on any atom is -0.458 e. The first-order valence-corrected chi connectivity index (χ1v) is 12.2. The van der Waals surface area contributed by atoms with Gasteiger partial charge in [-0.1, -0.05) is 25.1 Å². The number of carbonyl (C=O) groups excluding carboxylic acids is 1. The SMILES string of the molecule is CC[C@@]1(O)C(=O)OCc2c1cc1n(c2=O)Cc2c-1nc1cccc(N)c1c2NCCc1ccc(F)cc1. The molecule has 4 N–H and O–H groups in total. The van der Waals surface area contributed by atoms with E-state index >= 15 is 0 Å². The molecule has 2 aliphatic rings. The molecule has 0 saturated heterocycles. The molecule has 37 heavy (non-hydrogen) atoms. The Morgan fingerprint density at radius 1 is 1.19 bits per heavy atom. The van der Waals surface area contributed by atoms with Crippen molar-refractivity contribution in [2.24, 2.45) is 0 Å². The fraction of sp³-hybridized carbons (Fsp3) is 0.250. The van der Waals surface area contributed by atoms with Gasteiger partial charge >= 0.3 is 5.97 Å². The van der Waals surface area contributed by atoms with Crippen molar-refractivity contribution in [3.63, 3.8) is 0 Å². The highest BCUT2D eigenvalue weighted by molar-refractivity contribution is 6.04. The molecule has 1 atom stereocenters. The van der Waals surface area contributed by atoms with E-state index in [4.69, 9.17) is 15.5 Å². The first-order chi connectivity index (χ1) is 17.8. The van der Waals surface area contributed by atoms with E-state index in [0.717, 1.165) is 22.2 Å². The van der Waals surface area contributed by atoms with Crippen LogP contribution < -0.4 is 16.6 Å². The van der Waals surface area contributed by atoms with Crippen LogP contribution in [0.25, 0.3) is 22.3 Å². The average Bonchev–Trinajstić information content (AvgIpc) is 3.26. The van der Waals surface area contributed by atoms with E-state index in [9.17, 15) is 19.1 Å². The van der Waals surface area contributed by atoms with Crippen molar-refractivity contribution in [3.05, 3.63) is 87.0 Å². The van der Waals surface area contributed by atoms with E-state index in [1.807, 2.05) is 12.1 Å². The number of esters is 1. The van der Waals surface area contributed by atoms with E-state index in [0.29, 0.717) is 35.6 Å². The van der Waals surface area contributed by atoms with Gasteiger partial charge in [0, 0.05) is 28.7 Å². The summed E-state index contributed by atoms with van der Waals surface area (Å²) in [5, 5.41) is 15.4. The predicted octanol–water partition coefficient (Wildman–Crippen LogP) is 3.46. The number of rotatable bonds is 5. The molecule has 188 valence electrons. The van der Waals surface area contributed by atoms with Crippen LogP contribution in [0.4, 0.5) is 15.8 Å². The van der Waals surface area contributed by atoms with Crippen LogP contribution in [0.2, 0.25) is 0 Å². The lowest BCUT2D eigenvalue weighted by Crippen LogP contribution is -2.44. The Morgan fingerprint density at radius 3 is 2.73 bits per heavy atom. The molecule has 0 radical (unpaired) electrons. The number of aromatic nitrogens is 2. The van der Waals surface area contributed by atoms with Crippen LogP contribution in [0.15, 0.2) is 53.3 Å². The number of nitrogens with one attached hydrogen (secondary N) is 1. The van der Waals surface area contributed by atoms with Gasteiger partial charge in [0.1, 0.15) is 12.4 Å². The monoisotopic (exact) mass is 500 g/mol. The predicted molar refractivity (Wildman–Crippen MR) is 138 cm³/mol. The van der Waals surface area contributed by atoms with Crippen LogP contribution >= 0.6 is 0 Å². The summed E-state index contributed by atoms with van der Waals surface area (Å²) in [5.74, 6) is -1.04. The Bertz CT molecular complexity index is 1650. The number of nitrogen functional groups attached to an aromatic ring is 1. The minimum absolute atomic E-state index is 0.0759. The topological polar surface area (TPSA) is 119 Å². The van der Waals surface area contributed by atoms with Gasteiger partial charge in [0.05, 0.1) is 34.7 Å². The van der Waals surface area contributed by atoms with Gasteiger partial charge in [-0.05, 0) is 48.7 Å². The molecule has 0 unspecified atom stereocenters. The van der Waals surface area contributed by atoms with Gasteiger partial charge in [-0.25, -0.2) is 14.2 Å². The second kappa shape index (κ2) is 8.41. The van der Waals surface area contributed by atoms with Gasteiger partial charge in [-0.15, -0.1) is 0 Å². The Balaban J connectivity index is 1.49. The summed E-state index contributed by atoms with van der Waals surface area (Å²) in [6.07, 6.45) is 0.724. The smallest absolute Gasteiger partial charge is 0.343 e. The zero-order chi connectivity index (χ0) is 25.9. The third kappa shape index (κ3) is 3.49. The first kappa shape index (κ1) is 23.2. The van der Waals surface area contributed by atoms with E-state index in [2.05, 4.69) is 5.32 Å². The number of hydrogen-bond donors (Lipinski definition) is 3. The molecule has 0 fully saturated rings. The van der Waals surface area contributed by atoms with Crippen molar-refractivity contribution in [1.29, 1.82) is 0 Å². The number of nitrogens with two attached hydrogens (primary N) is 1. The molecule has 4 aromatic rings. The highest BCUT2D eigenvalue weighted by Gasteiger charge is 2.45. The fourth-order valence-electron chi connectivity index (χ4n) is 5.33. The third-order valence-electron chi connectivity index (χ3n) is 7.37. The highest BCUT2D eigenvalue weighted by Crippen LogP contribution is 2.43. The van der Waals surface area contributed by atoms with E-state index in [1.54, 1.807) is 35.8 Å². The van der Waals surface area contributed by atoms with Gasteiger partial charge in [-0.2, -0.15) is 0 Å². The summed E-state index contributed by atoms with van der Waals surface area (Å²) in [5.41, 5.74) is 9.62. The molecule has 0 amide bonds. The molecule has 9 heteroatoms. The van der Waals surface area contributed by atoms with Gasteiger partial charge in [0.2, 0.25) is 0 Å². The van der Waals surface area contributed by atoms with Crippen molar-refractivity contribution in [3.8, 4) is 11.4 Å². The second-order valence-electron chi connectivity index (χ2n) is 9.46. The maximum atomic E-state index is 13.5. The Morgan fingerprint density at radius 2 is 1.97 bits per heavy atom. The number of carbonyl (C=O) groups is 1. The minimum atomic E-state index is -1.89. The van der Waals surface area contributed by atoms with Crippen molar-refractivity contribution in [1.82, 2.24) is 9.55 Å². The van der Waals surface area contributed by atoms with Crippen LogP contribution in [0.1, 0.15) is 35.6 Å². The molecule has 4 heterocycles. The lowest BCUT2D eigenvalue weighted by molar-refractivity contribution is -0.172. The quantitative estimate of drug-likeness (QED) is 0.250. The zero-order valence-corrected chi connectivity index (χ0v) is 20.2. The number of ether oxygens (including phenoxy) is 1. The largest absolute Gasteiger partial charge is 0.458 e. The molecule has 6 rings (SSSR count). The normalized spacial score (nSPS) is 17.8. The molecular weight excluding hydrogens is 475 g/mol. The Hall–Kier alpha value is -4.24. The maximum Gasteiger partial charge on any atom is 0.343 e. The van der Waals surface area contributed by atoms with Crippen molar-refractivity contribution < 1.29 is 19.0 Å². The average molecular weight is 501 g/mol. The highest BCUT2D eigenvalue weighted by atomic mass is 19.1. The van der Waals surface area contributed by atoms with Crippen LogP contribution in [-0.2, 0) is 34.7 Å². The first-order valence-electron chi connectivity index (χ1n) is 12.2. The molecule has 2 aliphatic heterocycles. The number of halogens is 1. The van der Waals surface area contributed by atoms with Crippen molar-refractivity contribution >= 4 is 28.2 Å². The zero-order valence-electron chi connectivity index (χ0n) is 20.2. The summed E-state index contributed by atoms with van der Waals surface area (Å²) in [7, 11) is 0. The number of fused-ring (bicyclic) bond motifs is 5. The Kier molecular flexibility index (Phi) is 5.27. The van der Waals surface area contributed by atoms with Crippen LogP contribution in [-0.4, -0.2) is 27.2 Å². The summed E-state index contributed by atoms with van der Waals surface area (Å²) in [6, 6.07) is 13.5. The summed E-state index contributed by atoms with van der Waals surface area (Å²) in [6.45, 7) is 2.29. The summed E-state index contributed by atoms with van der Waals surface area (Å²) < 4.78 is 20.1. The molecule has 2 aromatic heterocycles. The van der Waals surface area contributed by atoms with Gasteiger partial charge in [0.25, 0.3) is 5.56 Å².